The normalized spacial score (nSPS) is 15.2. The van der Waals surface area contributed by atoms with Crippen LogP contribution in [-0.2, 0) is 9.53 Å². The molecule has 1 aromatic rings. The molecule has 0 bridgehead atoms. The van der Waals surface area contributed by atoms with Crippen LogP contribution < -0.4 is 4.74 Å². The second-order valence-electron chi connectivity index (χ2n) is 3.94. The number of hydrogen-bond donors (Lipinski definition) is 0. The molecule has 1 aromatic carbocycles. The van der Waals surface area contributed by atoms with Gasteiger partial charge in [0.1, 0.15) is 5.75 Å². The molecule has 1 aliphatic heterocycles. The Hall–Kier alpha value is -1.88. The first-order valence-corrected chi connectivity index (χ1v) is 5.84. The van der Waals surface area contributed by atoms with Crippen LogP contribution in [0.1, 0.15) is 10.4 Å². The zero-order valence-electron chi connectivity index (χ0n) is 10.0. The summed E-state index contributed by atoms with van der Waals surface area (Å²) in [5.41, 5.74) is 0.451. The molecule has 1 saturated heterocycles. The number of carbonyl (C=O) groups is 2. The van der Waals surface area contributed by atoms with Crippen molar-refractivity contribution >= 4 is 12.2 Å². The lowest BCUT2D eigenvalue weighted by Gasteiger charge is -2.26. The number of rotatable bonds is 4. The van der Waals surface area contributed by atoms with Crippen molar-refractivity contribution < 1.29 is 19.1 Å². The second kappa shape index (κ2) is 6.16. The van der Waals surface area contributed by atoms with Gasteiger partial charge in [0.2, 0.25) is 0 Å². The van der Waals surface area contributed by atoms with E-state index in [0.717, 1.165) is 0 Å². The standard InChI is InChI=1S/C13H15NO4/c15-9-11-3-1-2-4-12(11)18-10-13(16)14-5-7-17-8-6-14/h1-4,9H,5-8,10H2. The minimum atomic E-state index is -0.0843. The van der Waals surface area contributed by atoms with E-state index in [4.69, 9.17) is 9.47 Å². The Morgan fingerprint density at radius 2 is 2.06 bits per heavy atom. The van der Waals surface area contributed by atoms with Gasteiger partial charge in [0.15, 0.2) is 12.9 Å². The first-order valence-electron chi connectivity index (χ1n) is 5.84. The van der Waals surface area contributed by atoms with E-state index in [2.05, 4.69) is 0 Å². The Kier molecular flexibility index (Phi) is 4.30. The third kappa shape index (κ3) is 3.07. The number of ether oxygens (including phenoxy) is 2. The van der Waals surface area contributed by atoms with E-state index in [1.165, 1.54) is 0 Å². The molecule has 0 N–H and O–H groups in total. The average Bonchev–Trinajstić information content (AvgIpc) is 2.46. The fourth-order valence-corrected chi connectivity index (χ4v) is 1.75. The van der Waals surface area contributed by atoms with Gasteiger partial charge in [-0.05, 0) is 12.1 Å². The molecule has 0 unspecified atom stereocenters. The molecular weight excluding hydrogens is 234 g/mol. The van der Waals surface area contributed by atoms with Crippen LogP contribution in [0.15, 0.2) is 24.3 Å². The summed E-state index contributed by atoms with van der Waals surface area (Å²) in [6.07, 6.45) is 0.717. The van der Waals surface area contributed by atoms with Crippen LogP contribution in [0.4, 0.5) is 0 Å². The van der Waals surface area contributed by atoms with Crippen LogP contribution in [0.2, 0.25) is 0 Å². The molecule has 0 aliphatic carbocycles. The fraction of sp³-hybridized carbons (Fsp3) is 0.385. The van der Waals surface area contributed by atoms with Crippen LogP contribution in [0.5, 0.6) is 5.75 Å². The SMILES string of the molecule is O=Cc1ccccc1OCC(=O)N1CCOCC1. The third-order valence-corrected chi connectivity index (χ3v) is 2.76. The van der Waals surface area contributed by atoms with Gasteiger partial charge in [-0.2, -0.15) is 0 Å². The van der Waals surface area contributed by atoms with Crippen molar-refractivity contribution in [3.05, 3.63) is 29.8 Å². The topological polar surface area (TPSA) is 55.8 Å². The van der Waals surface area contributed by atoms with Crippen molar-refractivity contribution in [2.45, 2.75) is 0 Å². The molecule has 0 spiro atoms. The van der Waals surface area contributed by atoms with Gasteiger partial charge in [-0.25, -0.2) is 0 Å². The molecule has 5 nitrogen and oxygen atoms in total. The Labute approximate surface area is 105 Å². The smallest absolute Gasteiger partial charge is 0.260 e. The highest BCUT2D eigenvalue weighted by molar-refractivity contribution is 5.80. The van der Waals surface area contributed by atoms with Gasteiger partial charge in [0.05, 0.1) is 18.8 Å². The van der Waals surface area contributed by atoms with Gasteiger partial charge < -0.3 is 14.4 Å². The number of carbonyl (C=O) groups excluding carboxylic acids is 2. The van der Waals surface area contributed by atoms with Crippen LogP contribution in [0, 0.1) is 0 Å². The quantitative estimate of drug-likeness (QED) is 0.738. The highest BCUT2D eigenvalue weighted by Crippen LogP contribution is 2.15. The molecule has 18 heavy (non-hydrogen) atoms. The summed E-state index contributed by atoms with van der Waals surface area (Å²) < 4.78 is 10.5. The molecule has 0 atom stereocenters. The Balaban J connectivity index is 1.90. The summed E-state index contributed by atoms with van der Waals surface area (Å²) >= 11 is 0. The van der Waals surface area contributed by atoms with Gasteiger partial charge in [0, 0.05) is 13.1 Å². The Bertz CT molecular complexity index is 427. The number of para-hydroxylation sites is 1. The average molecular weight is 249 g/mol. The lowest BCUT2D eigenvalue weighted by atomic mass is 10.2. The van der Waals surface area contributed by atoms with Gasteiger partial charge in [-0.1, -0.05) is 12.1 Å². The summed E-state index contributed by atoms with van der Waals surface area (Å²) in [5.74, 6) is 0.355. The van der Waals surface area contributed by atoms with Crippen molar-refractivity contribution in [2.75, 3.05) is 32.9 Å². The van der Waals surface area contributed by atoms with E-state index in [0.29, 0.717) is 43.9 Å². The first-order chi connectivity index (χ1) is 8.81. The maximum Gasteiger partial charge on any atom is 0.260 e. The second-order valence-corrected chi connectivity index (χ2v) is 3.94. The number of nitrogens with zero attached hydrogens (tertiary/aromatic N) is 1. The van der Waals surface area contributed by atoms with Crippen molar-refractivity contribution in [1.29, 1.82) is 0 Å². The highest BCUT2D eigenvalue weighted by atomic mass is 16.5. The van der Waals surface area contributed by atoms with Crippen molar-refractivity contribution in [3.63, 3.8) is 0 Å². The fourth-order valence-electron chi connectivity index (χ4n) is 1.75. The molecular formula is C13H15NO4. The molecule has 0 radical (unpaired) electrons. The number of aldehydes is 1. The highest BCUT2D eigenvalue weighted by Gasteiger charge is 2.17. The van der Waals surface area contributed by atoms with Crippen LogP contribution in [0.3, 0.4) is 0 Å². The number of morpholine rings is 1. The maximum absolute atomic E-state index is 11.8. The Morgan fingerprint density at radius 3 is 2.78 bits per heavy atom. The molecule has 96 valence electrons. The largest absolute Gasteiger partial charge is 0.483 e. The van der Waals surface area contributed by atoms with E-state index in [-0.39, 0.29) is 12.5 Å². The molecule has 2 rings (SSSR count). The van der Waals surface area contributed by atoms with Gasteiger partial charge in [-0.3, -0.25) is 9.59 Å². The van der Waals surface area contributed by atoms with E-state index in [9.17, 15) is 9.59 Å². The van der Waals surface area contributed by atoms with Crippen molar-refractivity contribution in [2.24, 2.45) is 0 Å². The summed E-state index contributed by atoms with van der Waals surface area (Å²) in [5, 5.41) is 0. The molecule has 1 fully saturated rings. The minimum absolute atomic E-state index is 0.0507. The van der Waals surface area contributed by atoms with Crippen LogP contribution in [-0.4, -0.2) is 50.0 Å². The van der Waals surface area contributed by atoms with Crippen LogP contribution >= 0.6 is 0 Å². The summed E-state index contributed by atoms with van der Waals surface area (Å²) in [4.78, 5) is 24.3. The van der Waals surface area contributed by atoms with E-state index in [1.54, 1.807) is 29.2 Å². The minimum Gasteiger partial charge on any atom is -0.483 e. The summed E-state index contributed by atoms with van der Waals surface area (Å²) in [6.45, 7) is 2.27. The molecule has 1 aliphatic rings. The summed E-state index contributed by atoms with van der Waals surface area (Å²) in [6, 6.07) is 6.85. The van der Waals surface area contributed by atoms with Crippen molar-refractivity contribution in [3.8, 4) is 5.75 Å². The van der Waals surface area contributed by atoms with E-state index >= 15 is 0 Å². The summed E-state index contributed by atoms with van der Waals surface area (Å²) in [7, 11) is 0. The van der Waals surface area contributed by atoms with Crippen molar-refractivity contribution in [1.82, 2.24) is 4.90 Å². The molecule has 1 amide bonds. The zero-order chi connectivity index (χ0) is 12.8. The predicted octanol–water partition coefficient (Wildman–Crippen LogP) is 0.737. The lowest BCUT2D eigenvalue weighted by molar-refractivity contribution is -0.137. The van der Waals surface area contributed by atoms with E-state index in [1.807, 2.05) is 0 Å². The predicted molar refractivity (Wildman–Crippen MR) is 64.7 cm³/mol. The van der Waals surface area contributed by atoms with Gasteiger partial charge in [0.25, 0.3) is 5.91 Å². The monoisotopic (exact) mass is 249 g/mol. The number of benzene rings is 1. The van der Waals surface area contributed by atoms with Gasteiger partial charge >= 0.3 is 0 Å². The number of amides is 1. The first kappa shape index (κ1) is 12.6. The zero-order valence-corrected chi connectivity index (χ0v) is 10.0. The maximum atomic E-state index is 11.8. The van der Waals surface area contributed by atoms with E-state index < -0.39 is 0 Å². The Morgan fingerprint density at radius 1 is 1.33 bits per heavy atom. The van der Waals surface area contributed by atoms with Gasteiger partial charge in [-0.15, -0.1) is 0 Å². The number of hydrogen-bond acceptors (Lipinski definition) is 4. The third-order valence-electron chi connectivity index (χ3n) is 2.76. The molecule has 5 heteroatoms. The lowest BCUT2D eigenvalue weighted by Crippen LogP contribution is -2.43. The van der Waals surface area contributed by atoms with Crippen LogP contribution in [0.25, 0.3) is 0 Å². The molecule has 0 aromatic heterocycles. The molecule has 0 saturated carbocycles. The molecule has 1 heterocycles.